The topological polar surface area (TPSA) is 25.2 Å². The minimum absolute atomic E-state index is 0.708. The Hall–Kier alpha value is -2.26. The summed E-state index contributed by atoms with van der Waals surface area (Å²) < 4.78 is 0. The summed E-state index contributed by atoms with van der Waals surface area (Å²) in [5.74, 6) is 0. The third-order valence-electron chi connectivity index (χ3n) is 3.67. The molecule has 102 valence electrons. The molecule has 0 saturated carbocycles. The number of aromatic nitrogens is 1. The van der Waals surface area contributed by atoms with Gasteiger partial charge >= 0.3 is 0 Å². The molecule has 0 saturated heterocycles. The predicted octanol–water partition coefficient (Wildman–Crippen LogP) is 4.47. The fourth-order valence-electron chi connectivity index (χ4n) is 2.76. The molecule has 0 unspecified atom stereocenters. The summed E-state index contributed by atoms with van der Waals surface area (Å²) in [4.78, 5) is 10.9. The van der Waals surface area contributed by atoms with Crippen molar-refractivity contribution in [2.75, 3.05) is 0 Å². The lowest BCUT2D eigenvalue weighted by molar-refractivity contribution is 1.10. The van der Waals surface area contributed by atoms with E-state index in [4.69, 9.17) is 9.98 Å². The van der Waals surface area contributed by atoms with Gasteiger partial charge in [0, 0.05) is 16.7 Å². The zero-order chi connectivity index (χ0) is 14.2. The van der Waals surface area contributed by atoms with Crippen molar-refractivity contribution >= 4 is 17.0 Å². The molecule has 3 heteroatoms. The second kappa shape index (κ2) is 4.93. The molecule has 21 heavy (non-hydrogen) atoms. The van der Waals surface area contributed by atoms with Crippen molar-refractivity contribution in [1.82, 2.24) is 4.98 Å². The Kier molecular flexibility index (Phi) is 2.93. The van der Waals surface area contributed by atoms with E-state index in [1.54, 1.807) is 11.3 Å². The van der Waals surface area contributed by atoms with Crippen molar-refractivity contribution in [1.29, 1.82) is 0 Å². The molecule has 0 bridgehead atoms. The van der Waals surface area contributed by atoms with Gasteiger partial charge in [0.2, 0.25) is 0 Å². The van der Waals surface area contributed by atoms with E-state index in [-0.39, 0.29) is 0 Å². The van der Waals surface area contributed by atoms with Crippen LogP contribution in [-0.4, -0.2) is 10.7 Å². The number of rotatable bonds is 1. The lowest BCUT2D eigenvalue weighted by Gasteiger charge is -2.09. The van der Waals surface area contributed by atoms with Crippen LogP contribution in [0.4, 0.5) is 0 Å². The molecule has 0 atom stereocenters. The summed E-state index contributed by atoms with van der Waals surface area (Å²) in [6.45, 7) is 2.77. The highest BCUT2D eigenvalue weighted by molar-refractivity contribution is 7.12. The molecule has 1 aliphatic rings. The standard InChI is InChI=1S/C18H14N2S/c1-12-20-18-15-10-6-5-9-14(15)17(19-11-16(18)21-12)13-7-3-2-4-8-13/h2-10H,11H2,1H3. The number of benzene rings is 2. The minimum Gasteiger partial charge on any atom is -0.278 e. The van der Waals surface area contributed by atoms with Gasteiger partial charge in [-0.15, -0.1) is 11.3 Å². The molecule has 3 aromatic rings. The number of hydrogen-bond donors (Lipinski definition) is 0. The van der Waals surface area contributed by atoms with E-state index < -0.39 is 0 Å². The molecule has 2 heterocycles. The Morgan fingerprint density at radius 3 is 2.43 bits per heavy atom. The summed E-state index contributed by atoms with van der Waals surface area (Å²) in [5.41, 5.74) is 5.69. The zero-order valence-electron chi connectivity index (χ0n) is 11.7. The maximum absolute atomic E-state index is 4.88. The highest BCUT2D eigenvalue weighted by atomic mass is 32.1. The Labute approximate surface area is 127 Å². The minimum atomic E-state index is 0.708. The van der Waals surface area contributed by atoms with Gasteiger partial charge < -0.3 is 0 Å². The molecule has 0 amide bonds. The highest BCUT2D eigenvalue weighted by Gasteiger charge is 2.21. The van der Waals surface area contributed by atoms with Crippen LogP contribution in [-0.2, 0) is 6.54 Å². The first-order chi connectivity index (χ1) is 10.3. The SMILES string of the molecule is Cc1nc2c(s1)CN=C(c1ccccc1)c1ccccc1-2. The Morgan fingerprint density at radius 1 is 0.905 bits per heavy atom. The van der Waals surface area contributed by atoms with Crippen LogP contribution >= 0.6 is 11.3 Å². The average Bonchev–Trinajstić information content (AvgIpc) is 2.83. The third kappa shape index (κ3) is 2.10. The van der Waals surface area contributed by atoms with Gasteiger partial charge in [-0.1, -0.05) is 54.6 Å². The van der Waals surface area contributed by atoms with Crippen LogP contribution in [0.2, 0.25) is 0 Å². The van der Waals surface area contributed by atoms with Crippen LogP contribution in [0.5, 0.6) is 0 Å². The number of fused-ring (bicyclic) bond motifs is 3. The van der Waals surface area contributed by atoms with Gasteiger partial charge in [-0.25, -0.2) is 4.98 Å². The van der Waals surface area contributed by atoms with Crippen LogP contribution in [0.15, 0.2) is 59.6 Å². The predicted molar refractivity (Wildman–Crippen MR) is 88.1 cm³/mol. The molecule has 4 rings (SSSR count). The Morgan fingerprint density at radius 2 is 1.62 bits per heavy atom. The van der Waals surface area contributed by atoms with E-state index in [0.29, 0.717) is 6.54 Å². The summed E-state index contributed by atoms with van der Waals surface area (Å²) in [7, 11) is 0. The monoisotopic (exact) mass is 290 g/mol. The van der Waals surface area contributed by atoms with E-state index in [1.807, 2.05) is 6.07 Å². The normalized spacial score (nSPS) is 13.1. The molecule has 0 fully saturated rings. The zero-order valence-corrected chi connectivity index (χ0v) is 12.5. The van der Waals surface area contributed by atoms with Gasteiger partial charge in [-0.05, 0) is 6.92 Å². The molecule has 1 aliphatic heterocycles. The van der Waals surface area contributed by atoms with Crippen molar-refractivity contribution in [2.24, 2.45) is 4.99 Å². The third-order valence-corrected chi connectivity index (χ3v) is 4.63. The first-order valence-corrected chi connectivity index (χ1v) is 7.80. The van der Waals surface area contributed by atoms with Crippen LogP contribution < -0.4 is 0 Å². The maximum Gasteiger partial charge on any atom is 0.0905 e. The maximum atomic E-state index is 4.88. The second-order valence-electron chi connectivity index (χ2n) is 5.08. The lowest BCUT2D eigenvalue weighted by Crippen LogP contribution is -2.04. The number of hydrogen-bond acceptors (Lipinski definition) is 3. The lowest BCUT2D eigenvalue weighted by atomic mass is 9.96. The molecular formula is C18H14N2S. The molecule has 0 radical (unpaired) electrons. The van der Waals surface area contributed by atoms with Crippen molar-refractivity contribution < 1.29 is 0 Å². The van der Waals surface area contributed by atoms with Gasteiger partial charge in [0.25, 0.3) is 0 Å². The van der Waals surface area contributed by atoms with Gasteiger partial charge in [0.05, 0.1) is 27.8 Å². The summed E-state index contributed by atoms with van der Waals surface area (Å²) >= 11 is 1.75. The van der Waals surface area contributed by atoms with Gasteiger partial charge in [-0.2, -0.15) is 0 Å². The molecule has 2 aromatic carbocycles. The van der Waals surface area contributed by atoms with Gasteiger partial charge in [-0.3, -0.25) is 4.99 Å². The summed E-state index contributed by atoms with van der Waals surface area (Å²) in [6.07, 6.45) is 0. The van der Waals surface area contributed by atoms with Crippen LogP contribution in [0.1, 0.15) is 21.0 Å². The molecule has 2 nitrogen and oxygen atoms in total. The van der Waals surface area contributed by atoms with Crippen molar-refractivity contribution in [3.8, 4) is 11.3 Å². The number of aliphatic imine (C=N–C) groups is 1. The van der Waals surface area contributed by atoms with Crippen molar-refractivity contribution in [3.63, 3.8) is 0 Å². The number of nitrogens with zero attached hydrogens (tertiary/aromatic N) is 2. The molecule has 0 N–H and O–H groups in total. The van der Waals surface area contributed by atoms with Gasteiger partial charge in [0.15, 0.2) is 0 Å². The summed E-state index contributed by atoms with van der Waals surface area (Å²) in [6, 6.07) is 18.8. The van der Waals surface area contributed by atoms with E-state index in [1.165, 1.54) is 16.0 Å². The average molecular weight is 290 g/mol. The second-order valence-corrected chi connectivity index (χ2v) is 6.37. The van der Waals surface area contributed by atoms with Crippen LogP contribution in [0.25, 0.3) is 11.3 Å². The fourth-order valence-corrected chi connectivity index (χ4v) is 3.64. The largest absolute Gasteiger partial charge is 0.278 e. The highest BCUT2D eigenvalue weighted by Crippen LogP contribution is 2.34. The smallest absolute Gasteiger partial charge is 0.0905 e. The van der Waals surface area contributed by atoms with Crippen molar-refractivity contribution in [2.45, 2.75) is 13.5 Å². The van der Waals surface area contributed by atoms with Crippen molar-refractivity contribution in [3.05, 3.63) is 75.6 Å². The molecule has 0 aliphatic carbocycles. The number of thiazole rings is 1. The first kappa shape index (κ1) is 12.5. The van der Waals surface area contributed by atoms with E-state index in [0.717, 1.165) is 22.0 Å². The van der Waals surface area contributed by atoms with Gasteiger partial charge in [0.1, 0.15) is 0 Å². The van der Waals surface area contributed by atoms with E-state index in [2.05, 4.69) is 55.5 Å². The molecule has 1 aromatic heterocycles. The quantitative estimate of drug-likeness (QED) is 0.649. The Bertz CT molecular complexity index is 831. The van der Waals surface area contributed by atoms with E-state index >= 15 is 0 Å². The molecular weight excluding hydrogens is 276 g/mol. The first-order valence-electron chi connectivity index (χ1n) is 6.99. The number of aryl methyl sites for hydroxylation is 1. The van der Waals surface area contributed by atoms with E-state index in [9.17, 15) is 0 Å². The molecule has 0 spiro atoms. The van der Waals surface area contributed by atoms with Crippen LogP contribution in [0, 0.1) is 6.92 Å². The summed E-state index contributed by atoms with van der Waals surface area (Å²) in [5, 5.41) is 1.10. The van der Waals surface area contributed by atoms with Crippen LogP contribution in [0.3, 0.4) is 0 Å². The Balaban J connectivity index is 1.97. The fraction of sp³-hybridized carbons (Fsp3) is 0.111.